The van der Waals surface area contributed by atoms with Gasteiger partial charge < -0.3 is 10.6 Å². The van der Waals surface area contributed by atoms with Gasteiger partial charge in [0.1, 0.15) is 0 Å². The molecule has 1 saturated carbocycles. The predicted molar refractivity (Wildman–Crippen MR) is 73.3 cm³/mol. The Morgan fingerprint density at radius 2 is 1.94 bits per heavy atom. The molecule has 0 radical (unpaired) electrons. The molecule has 1 saturated heterocycles. The quantitative estimate of drug-likeness (QED) is 0.822. The maximum atomic E-state index is 12.3. The van der Waals surface area contributed by atoms with Crippen LogP contribution in [0.5, 0.6) is 0 Å². The van der Waals surface area contributed by atoms with Gasteiger partial charge in [0.05, 0.1) is 6.04 Å². The molecule has 104 valence electrons. The molecule has 1 amide bonds. The van der Waals surface area contributed by atoms with Gasteiger partial charge in [0.2, 0.25) is 5.91 Å². The zero-order valence-corrected chi connectivity index (χ0v) is 11.8. The smallest absolute Gasteiger partial charge is 0.239 e. The molecule has 2 fully saturated rings. The summed E-state index contributed by atoms with van der Waals surface area (Å²) in [5.41, 5.74) is 5.71. The Bertz CT molecular complexity index is 289. The summed E-state index contributed by atoms with van der Waals surface area (Å²) < 4.78 is 0. The van der Waals surface area contributed by atoms with Crippen LogP contribution in [0.1, 0.15) is 45.4 Å². The van der Waals surface area contributed by atoms with E-state index in [0.29, 0.717) is 18.6 Å². The van der Waals surface area contributed by atoms with Crippen molar-refractivity contribution in [1.82, 2.24) is 9.80 Å². The van der Waals surface area contributed by atoms with Crippen molar-refractivity contribution in [3.8, 4) is 0 Å². The van der Waals surface area contributed by atoms with Gasteiger partial charge in [-0.25, -0.2) is 0 Å². The van der Waals surface area contributed by atoms with Crippen molar-refractivity contribution < 1.29 is 4.79 Å². The molecule has 1 aliphatic carbocycles. The minimum atomic E-state index is 0.0202. The second-order valence-electron chi connectivity index (χ2n) is 5.90. The van der Waals surface area contributed by atoms with Gasteiger partial charge in [0.25, 0.3) is 0 Å². The molecule has 0 aromatic carbocycles. The molecule has 0 aromatic rings. The molecule has 1 heterocycles. The molecule has 4 heteroatoms. The van der Waals surface area contributed by atoms with E-state index in [4.69, 9.17) is 5.73 Å². The summed E-state index contributed by atoms with van der Waals surface area (Å²) in [6.07, 6.45) is 7.28. The average Bonchev–Trinajstić information content (AvgIpc) is 2.37. The van der Waals surface area contributed by atoms with Gasteiger partial charge in [-0.1, -0.05) is 19.3 Å². The average molecular weight is 253 g/mol. The number of nitrogens with zero attached hydrogens (tertiary/aromatic N) is 2. The van der Waals surface area contributed by atoms with Gasteiger partial charge in [0, 0.05) is 25.7 Å². The lowest BCUT2D eigenvalue weighted by molar-refractivity contribution is -0.146. The minimum absolute atomic E-state index is 0.0202. The molecule has 2 unspecified atom stereocenters. The normalized spacial score (nSPS) is 31.9. The van der Waals surface area contributed by atoms with Crippen LogP contribution < -0.4 is 5.73 Å². The molecule has 2 N–H and O–H groups in total. The zero-order valence-electron chi connectivity index (χ0n) is 11.8. The number of carbonyl (C=O) groups is 1. The molecule has 0 aromatic heterocycles. The number of likely N-dealkylation sites (N-methyl/N-ethyl adjacent to an activating group) is 1. The van der Waals surface area contributed by atoms with Crippen molar-refractivity contribution in [3.05, 3.63) is 0 Å². The van der Waals surface area contributed by atoms with Crippen LogP contribution in [-0.4, -0.2) is 54.0 Å². The highest BCUT2D eigenvalue weighted by molar-refractivity contribution is 5.82. The Hall–Kier alpha value is -0.610. The highest BCUT2D eigenvalue weighted by Crippen LogP contribution is 2.29. The number of amides is 1. The molecule has 2 rings (SSSR count). The maximum absolute atomic E-state index is 12.3. The summed E-state index contributed by atoms with van der Waals surface area (Å²) >= 11 is 0. The van der Waals surface area contributed by atoms with E-state index in [-0.39, 0.29) is 11.9 Å². The van der Waals surface area contributed by atoms with E-state index < -0.39 is 0 Å². The summed E-state index contributed by atoms with van der Waals surface area (Å²) in [6, 6.07) is 1.09. The summed E-state index contributed by atoms with van der Waals surface area (Å²) in [7, 11) is 1.92. The third-order valence-electron chi connectivity index (χ3n) is 4.50. The largest absolute Gasteiger partial charge is 0.343 e. The first-order chi connectivity index (χ1) is 8.65. The van der Waals surface area contributed by atoms with E-state index in [9.17, 15) is 4.79 Å². The molecule has 2 atom stereocenters. The molecule has 0 spiro atoms. The van der Waals surface area contributed by atoms with Crippen LogP contribution in [0.4, 0.5) is 0 Å². The summed E-state index contributed by atoms with van der Waals surface area (Å²) in [5, 5.41) is 0. The Balaban J connectivity index is 2.14. The van der Waals surface area contributed by atoms with Crippen molar-refractivity contribution in [1.29, 1.82) is 0 Å². The van der Waals surface area contributed by atoms with Crippen LogP contribution in [0.15, 0.2) is 0 Å². The van der Waals surface area contributed by atoms with Crippen LogP contribution in [-0.2, 0) is 4.79 Å². The van der Waals surface area contributed by atoms with Crippen LogP contribution in [0.2, 0.25) is 0 Å². The van der Waals surface area contributed by atoms with Crippen LogP contribution in [0.3, 0.4) is 0 Å². The lowest BCUT2D eigenvalue weighted by Crippen LogP contribution is -2.63. The van der Waals surface area contributed by atoms with Crippen molar-refractivity contribution in [2.45, 2.75) is 63.6 Å². The van der Waals surface area contributed by atoms with Gasteiger partial charge >= 0.3 is 0 Å². The number of hydrogen-bond acceptors (Lipinski definition) is 3. The van der Waals surface area contributed by atoms with Gasteiger partial charge in [-0.3, -0.25) is 9.69 Å². The molecule has 0 bridgehead atoms. The van der Waals surface area contributed by atoms with E-state index in [1.54, 1.807) is 0 Å². The second kappa shape index (κ2) is 6.02. The topological polar surface area (TPSA) is 49.6 Å². The Morgan fingerprint density at radius 1 is 1.28 bits per heavy atom. The first-order valence-corrected chi connectivity index (χ1v) is 7.37. The maximum Gasteiger partial charge on any atom is 0.239 e. The monoisotopic (exact) mass is 253 g/mol. The van der Waals surface area contributed by atoms with E-state index in [2.05, 4.69) is 11.8 Å². The highest BCUT2D eigenvalue weighted by atomic mass is 16.2. The van der Waals surface area contributed by atoms with Crippen molar-refractivity contribution >= 4 is 5.91 Å². The number of hydrogen-bond donors (Lipinski definition) is 1. The lowest BCUT2D eigenvalue weighted by atomic mass is 9.90. The van der Waals surface area contributed by atoms with E-state index >= 15 is 0 Å². The molecular formula is C14H27N3O. The molecule has 18 heavy (non-hydrogen) atoms. The molecule has 2 aliphatic rings. The van der Waals surface area contributed by atoms with Crippen molar-refractivity contribution in [2.24, 2.45) is 5.73 Å². The molecule has 4 nitrogen and oxygen atoms in total. The number of nitrogens with two attached hydrogens (primary N) is 1. The van der Waals surface area contributed by atoms with Crippen molar-refractivity contribution in [2.75, 3.05) is 20.1 Å². The van der Waals surface area contributed by atoms with Gasteiger partial charge in [-0.15, -0.1) is 0 Å². The SMILES string of the molecule is CC1CN(C)C(=O)C(CCN)N1C1CCCCC1. The van der Waals surface area contributed by atoms with Crippen LogP contribution in [0, 0.1) is 0 Å². The fraction of sp³-hybridized carbons (Fsp3) is 0.929. The Labute approximate surface area is 110 Å². The Kier molecular flexibility index (Phi) is 4.62. The summed E-state index contributed by atoms with van der Waals surface area (Å²) in [5.74, 6) is 0.268. The standard InChI is InChI=1S/C14H27N3O/c1-11-10-16(2)14(18)13(8-9-15)17(11)12-6-4-3-5-7-12/h11-13H,3-10,15H2,1-2H3. The molecule has 1 aliphatic heterocycles. The van der Waals surface area contributed by atoms with E-state index in [1.807, 2.05) is 11.9 Å². The first kappa shape index (κ1) is 13.8. The summed E-state index contributed by atoms with van der Waals surface area (Å²) in [6.45, 7) is 3.71. The Morgan fingerprint density at radius 3 is 2.56 bits per heavy atom. The number of piperazine rings is 1. The second-order valence-corrected chi connectivity index (χ2v) is 5.90. The third kappa shape index (κ3) is 2.69. The van der Waals surface area contributed by atoms with Crippen LogP contribution in [0.25, 0.3) is 0 Å². The van der Waals surface area contributed by atoms with Crippen LogP contribution >= 0.6 is 0 Å². The predicted octanol–water partition coefficient (Wildman–Crippen LogP) is 1.20. The highest BCUT2D eigenvalue weighted by Gasteiger charge is 2.40. The number of rotatable bonds is 3. The first-order valence-electron chi connectivity index (χ1n) is 7.37. The van der Waals surface area contributed by atoms with Gasteiger partial charge in [-0.2, -0.15) is 0 Å². The lowest BCUT2D eigenvalue weighted by Gasteiger charge is -2.48. The summed E-state index contributed by atoms with van der Waals surface area (Å²) in [4.78, 5) is 16.7. The van der Waals surface area contributed by atoms with Gasteiger partial charge in [0.15, 0.2) is 0 Å². The van der Waals surface area contributed by atoms with E-state index in [0.717, 1.165) is 13.0 Å². The minimum Gasteiger partial charge on any atom is -0.343 e. The molecular weight excluding hydrogens is 226 g/mol. The van der Waals surface area contributed by atoms with Crippen molar-refractivity contribution in [3.63, 3.8) is 0 Å². The fourth-order valence-electron chi connectivity index (χ4n) is 3.69. The van der Waals surface area contributed by atoms with E-state index in [1.165, 1.54) is 32.1 Å². The third-order valence-corrected chi connectivity index (χ3v) is 4.50. The number of carbonyl (C=O) groups excluding carboxylic acids is 1. The van der Waals surface area contributed by atoms with Gasteiger partial charge in [-0.05, 0) is 32.7 Å². The zero-order chi connectivity index (χ0) is 13.1. The fourth-order valence-corrected chi connectivity index (χ4v) is 3.69.